The van der Waals surface area contributed by atoms with Crippen molar-refractivity contribution >= 4 is 90.8 Å². The van der Waals surface area contributed by atoms with Gasteiger partial charge in [-0.15, -0.1) is 16.4 Å². The van der Waals surface area contributed by atoms with E-state index in [0.29, 0.717) is 87.6 Å². The van der Waals surface area contributed by atoms with E-state index in [0.717, 1.165) is 45.9 Å². The van der Waals surface area contributed by atoms with Gasteiger partial charge in [0.15, 0.2) is 27.8 Å². The molecule has 4 aromatic heterocycles. The summed E-state index contributed by atoms with van der Waals surface area (Å²) < 4.78 is 7.40. The molecule has 0 radical (unpaired) electrons. The second-order valence-electron chi connectivity index (χ2n) is 14.8. The number of hydrazone groups is 2. The average molecular weight is 958 g/mol. The second-order valence-corrected chi connectivity index (χ2v) is 17.7. The Kier molecular flexibility index (Phi) is 16.0. The Morgan fingerprint density at radius 1 is 0.896 bits per heavy atom. The van der Waals surface area contributed by atoms with Crippen LogP contribution in [0.15, 0.2) is 112 Å². The third-order valence-corrected chi connectivity index (χ3v) is 12.7. The molecule has 7 aromatic rings. The van der Waals surface area contributed by atoms with Gasteiger partial charge in [0.05, 0.1) is 31.6 Å². The van der Waals surface area contributed by atoms with Crippen molar-refractivity contribution in [1.29, 1.82) is 0 Å². The SMILES string of the molecule is CCCSc1nc(NCCN)c2nnn(Cc3ccc(CCC(=O)NCCOCCNC(=O)c4cnc(N/N=C5/C(=O)N(c6nc(-c7ccccc7)cs6)N=C5c5ccccc5)s4)cc3)c2n1. The molecule has 344 valence electrons. The van der Waals surface area contributed by atoms with E-state index in [9.17, 15) is 14.4 Å². The molecule has 5 heterocycles. The monoisotopic (exact) mass is 957 g/mol. The zero-order valence-electron chi connectivity index (χ0n) is 36.4. The van der Waals surface area contributed by atoms with Crippen molar-refractivity contribution in [2.24, 2.45) is 15.9 Å². The Balaban J connectivity index is 0.742. The summed E-state index contributed by atoms with van der Waals surface area (Å²) in [5.74, 6) is 0.660. The quantitative estimate of drug-likeness (QED) is 0.0232. The number of nitrogens with two attached hydrogens (primary N) is 1. The van der Waals surface area contributed by atoms with Gasteiger partial charge in [-0.25, -0.2) is 24.6 Å². The first-order valence-electron chi connectivity index (χ1n) is 21.5. The van der Waals surface area contributed by atoms with Crippen LogP contribution in [-0.4, -0.2) is 109 Å². The van der Waals surface area contributed by atoms with Crippen molar-refractivity contribution in [3.8, 4) is 11.3 Å². The first kappa shape index (κ1) is 46.5. The van der Waals surface area contributed by atoms with Crippen LogP contribution >= 0.6 is 34.4 Å². The molecule has 0 saturated heterocycles. The Bertz CT molecular complexity index is 2850. The van der Waals surface area contributed by atoms with E-state index in [1.807, 2.05) is 90.3 Å². The molecule has 67 heavy (non-hydrogen) atoms. The number of thiazole rings is 2. The van der Waals surface area contributed by atoms with Crippen LogP contribution in [0.25, 0.3) is 22.4 Å². The number of anilines is 3. The van der Waals surface area contributed by atoms with E-state index >= 15 is 0 Å². The number of nitrogens with one attached hydrogen (secondary N) is 4. The van der Waals surface area contributed by atoms with Crippen LogP contribution in [0.5, 0.6) is 0 Å². The number of aryl methyl sites for hydroxylation is 1. The molecule has 3 aromatic carbocycles. The summed E-state index contributed by atoms with van der Waals surface area (Å²) >= 11 is 3.98. The molecule has 0 fully saturated rings. The largest absolute Gasteiger partial charge is 0.378 e. The Morgan fingerprint density at radius 2 is 1.64 bits per heavy atom. The highest BCUT2D eigenvalue weighted by Crippen LogP contribution is 2.31. The van der Waals surface area contributed by atoms with Crippen LogP contribution in [0.3, 0.4) is 0 Å². The van der Waals surface area contributed by atoms with Crippen LogP contribution in [0.2, 0.25) is 0 Å². The lowest BCUT2D eigenvalue weighted by Crippen LogP contribution is -2.30. The number of amides is 3. The number of carbonyl (C=O) groups excluding carboxylic acids is 3. The molecule has 0 bridgehead atoms. The fraction of sp³-hybridized carbons (Fsp3) is 0.267. The zero-order valence-corrected chi connectivity index (χ0v) is 38.9. The van der Waals surface area contributed by atoms with Crippen LogP contribution in [0.4, 0.5) is 16.1 Å². The zero-order chi connectivity index (χ0) is 46.4. The number of hydrogen-bond donors (Lipinski definition) is 5. The van der Waals surface area contributed by atoms with Crippen molar-refractivity contribution in [1.82, 2.24) is 45.6 Å². The fourth-order valence-corrected chi connectivity index (χ4v) is 8.74. The van der Waals surface area contributed by atoms with E-state index in [-0.39, 0.29) is 37.3 Å². The van der Waals surface area contributed by atoms with Gasteiger partial charge in [0.1, 0.15) is 10.6 Å². The number of nitrogens with zero attached hydrogens (tertiary/aromatic N) is 10. The molecule has 3 amide bonds. The molecular formula is C45H47N15O4S3. The van der Waals surface area contributed by atoms with E-state index in [2.05, 4.69) is 63.8 Å². The molecule has 8 rings (SSSR count). The van der Waals surface area contributed by atoms with E-state index in [1.165, 1.54) is 22.5 Å². The average Bonchev–Trinajstić information content (AvgIpc) is 4.19. The Morgan fingerprint density at radius 3 is 2.40 bits per heavy atom. The van der Waals surface area contributed by atoms with Gasteiger partial charge in [-0.05, 0) is 24.0 Å². The van der Waals surface area contributed by atoms with Crippen molar-refractivity contribution in [3.05, 3.63) is 118 Å². The molecule has 19 nitrogen and oxygen atoms in total. The first-order valence-corrected chi connectivity index (χ1v) is 24.2. The Labute approximate surface area is 397 Å². The Hall–Kier alpha value is -6.98. The number of carbonyl (C=O) groups is 3. The molecule has 0 saturated carbocycles. The van der Waals surface area contributed by atoms with Gasteiger partial charge in [-0.3, -0.25) is 19.8 Å². The summed E-state index contributed by atoms with van der Waals surface area (Å²) in [7, 11) is 0. The molecule has 0 atom stereocenters. The normalized spacial score (nSPS) is 13.0. The van der Waals surface area contributed by atoms with Crippen molar-refractivity contribution in [2.45, 2.75) is 37.9 Å². The van der Waals surface area contributed by atoms with Crippen LogP contribution in [0.1, 0.15) is 46.1 Å². The molecule has 1 aliphatic rings. The molecule has 22 heteroatoms. The van der Waals surface area contributed by atoms with Crippen molar-refractivity contribution in [3.63, 3.8) is 0 Å². The summed E-state index contributed by atoms with van der Waals surface area (Å²) in [5.41, 5.74) is 14.7. The number of hydrogen-bond acceptors (Lipinski definition) is 18. The highest BCUT2D eigenvalue weighted by molar-refractivity contribution is 7.99. The maximum Gasteiger partial charge on any atom is 0.303 e. The van der Waals surface area contributed by atoms with Gasteiger partial charge in [0, 0.05) is 54.9 Å². The molecule has 0 unspecified atom stereocenters. The maximum atomic E-state index is 13.7. The predicted octanol–water partition coefficient (Wildman–Crippen LogP) is 5.44. The fourth-order valence-electron chi connectivity index (χ4n) is 6.59. The number of rotatable bonds is 23. The minimum atomic E-state index is -0.454. The topological polar surface area (TPSA) is 245 Å². The van der Waals surface area contributed by atoms with Gasteiger partial charge in [0.2, 0.25) is 16.2 Å². The second kappa shape index (κ2) is 23.0. The maximum absolute atomic E-state index is 13.7. The number of thioether (sulfide) groups is 1. The van der Waals surface area contributed by atoms with Crippen LogP contribution in [0, 0.1) is 0 Å². The lowest BCUT2D eigenvalue weighted by atomic mass is 10.1. The third-order valence-electron chi connectivity index (χ3n) is 9.91. The number of benzene rings is 3. The predicted molar refractivity (Wildman–Crippen MR) is 263 cm³/mol. The number of aromatic nitrogens is 7. The van der Waals surface area contributed by atoms with Crippen LogP contribution in [-0.2, 0) is 27.3 Å². The molecule has 0 aliphatic carbocycles. The highest BCUT2D eigenvalue weighted by Gasteiger charge is 2.36. The van der Waals surface area contributed by atoms with Gasteiger partial charge >= 0.3 is 5.91 Å². The van der Waals surface area contributed by atoms with Crippen LogP contribution < -0.4 is 32.1 Å². The summed E-state index contributed by atoms with van der Waals surface area (Å²) in [4.78, 5) is 57.8. The summed E-state index contributed by atoms with van der Waals surface area (Å²) in [5, 5.41) is 31.2. The smallest absolute Gasteiger partial charge is 0.303 e. The summed E-state index contributed by atoms with van der Waals surface area (Å²) in [6, 6.07) is 27.0. The van der Waals surface area contributed by atoms with E-state index < -0.39 is 5.91 Å². The van der Waals surface area contributed by atoms with Crippen molar-refractivity contribution < 1.29 is 19.1 Å². The van der Waals surface area contributed by atoms with Crippen molar-refractivity contribution in [2.75, 3.05) is 60.9 Å². The molecular weight excluding hydrogens is 911 g/mol. The number of ether oxygens (including phenoxy) is 1. The third kappa shape index (κ3) is 12.1. The van der Waals surface area contributed by atoms with E-state index in [1.54, 1.807) is 16.4 Å². The molecule has 0 spiro atoms. The van der Waals surface area contributed by atoms with Gasteiger partial charge in [-0.1, -0.05) is 120 Å². The van der Waals surface area contributed by atoms with E-state index in [4.69, 9.17) is 15.5 Å². The minimum Gasteiger partial charge on any atom is -0.378 e. The molecule has 1 aliphatic heterocycles. The molecule has 6 N–H and O–H groups in total. The van der Waals surface area contributed by atoms with Gasteiger partial charge in [0.25, 0.3) is 5.91 Å². The standard InChI is InChI=1S/C45H47N15O4S3/c1-2-25-65-44-52-39(48-20-19-46)38-40(53-44)59(58-55-38)27-30-15-13-29(14-16-30)17-18-35(61)47-21-23-64-24-22-49-41(62)34-26-50-43(67-34)56-54-37-36(32-11-7-4-8-12-32)57-60(42(37)63)45-51-33(28-66-45)31-9-5-3-6-10-31/h3-16,26,28H,2,17-25,27,46H2,1H3,(H,47,61)(H,49,62)(H,50,56)(H,48,52,53)/b54-37+. The lowest BCUT2D eigenvalue weighted by Gasteiger charge is -2.09. The summed E-state index contributed by atoms with van der Waals surface area (Å²) in [6.07, 6.45) is 3.34. The minimum absolute atomic E-state index is 0.0797. The highest BCUT2D eigenvalue weighted by atomic mass is 32.2. The number of fused-ring (bicyclic) bond motifs is 1. The van der Waals surface area contributed by atoms with Gasteiger partial charge in [-0.2, -0.15) is 15.2 Å². The lowest BCUT2D eigenvalue weighted by molar-refractivity contribution is -0.121. The van der Waals surface area contributed by atoms with Gasteiger partial charge < -0.3 is 26.4 Å². The first-order chi connectivity index (χ1) is 32.9. The summed E-state index contributed by atoms with van der Waals surface area (Å²) in [6.45, 7) is 4.76.